The quantitative estimate of drug-likeness (QED) is 0.740. The van der Waals surface area contributed by atoms with Gasteiger partial charge in [-0.2, -0.15) is 0 Å². The van der Waals surface area contributed by atoms with Gasteiger partial charge < -0.3 is 14.5 Å². The van der Waals surface area contributed by atoms with Crippen LogP contribution in [0.3, 0.4) is 0 Å². The Hall–Kier alpha value is -1.81. The smallest absolute Gasteiger partial charge is 0.226 e. The molecule has 1 atom stereocenters. The standard InChI is InChI=1S/C23H32N2O2/c1-24(2)20-12-14-23(15-13-20)17-25(22(26)18-8-4-3-5-9-18)16-19-10-6-7-11-21(19)27-23/h3-4,6-7,10-11,18,20H,5,8-9,12-17H2,1-2H3. The minimum atomic E-state index is -0.237. The predicted octanol–water partition coefficient (Wildman–Crippen LogP) is 4.01. The van der Waals surface area contributed by atoms with E-state index >= 15 is 0 Å². The lowest BCUT2D eigenvalue weighted by molar-refractivity contribution is -0.139. The number of allylic oxidation sites excluding steroid dienone is 2. The molecule has 4 heteroatoms. The van der Waals surface area contributed by atoms with Crippen LogP contribution in [0.2, 0.25) is 0 Å². The SMILES string of the molecule is CN(C)C1CCC2(CC1)CN(C(=O)C1CC=CCC1)Cc1ccccc1O2. The van der Waals surface area contributed by atoms with Gasteiger partial charge in [-0.05, 0) is 65.1 Å². The van der Waals surface area contributed by atoms with Gasteiger partial charge in [0.15, 0.2) is 0 Å². The van der Waals surface area contributed by atoms with Crippen LogP contribution in [0.1, 0.15) is 50.5 Å². The largest absolute Gasteiger partial charge is 0.485 e. The van der Waals surface area contributed by atoms with Gasteiger partial charge in [0.1, 0.15) is 11.4 Å². The van der Waals surface area contributed by atoms with Gasteiger partial charge in [-0.15, -0.1) is 0 Å². The molecule has 146 valence electrons. The van der Waals surface area contributed by atoms with E-state index < -0.39 is 0 Å². The van der Waals surface area contributed by atoms with Crippen LogP contribution in [-0.4, -0.2) is 48.0 Å². The van der Waals surface area contributed by atoms with Crippen molar-refractivity contribution in [1.29, 1.82) is 0 Å². The molecule has 1 fully saturated rings. The van der Waals surface area contributed by atoms with E-state index in [0.717, 1.165) is 62.8 Å². The second-order valence-corrected chi connectivity index (χ2v) is 8.76. The van der Waals surface area contributed by atoms with E-state index in [1.807, 2.05) is 6.07 Å². The number of carbonyl (C=O) groups is 1. The maximum Gasteiger partial charge on any atom is 0.226 e. The first-order chi connectivity index (χ1) is 13.1. The number of fused-ring (bicyclic) bond motifs is 1. The minimum absolute atomic E-state index is 0.135. The lowest BCUT2D eigenvalue weighted by Crippen LogP contribution is -2.52. The Morgan fingerprint density at radius 2 is 1.93 bits per heavy atom. The van der Waals surface area contributed by atoms with E-state index in [4.69, 9.17) is 4.74 Å². The van der Waals surface area contributed by atoms with Gasteiger partial charge in [-0.3, -0.25) is 4.79 Å². The fourth-order valence-corrected chi connectivity index (χ4v) is 4.95. The molecule has 0 aromatic heterocycles. The van der Waals surface area contributed by atoms with E-state index in [2.05, 4.69) is 54.2 Å². The highest BCUT2D eigenvalue weighted by molar-refractivity contribution is 5.79. The molecular weight excluding hydrogens is 336 g/mol. The van der Waals surface area contributed by atoms with Gasteiger partial charge in [-0.1, -0.05) is 30.4 Å². The summed E-state index contributed by atoms with van der Waals surface area (Å²) in [6.45, 7) is 1.40. The number of hydrogen-bond donors (Lipinski definition) is 0. The molecule has 1 spiro atoms. The van der Waals surface area contributed by atoms with E-state index in [-0.39, 0.29) is 11.5 Å². The summed E-state index contributed by atoms with van der Waals surface area (Å²) in [6, 6.07) is 8.90. The average molecular weight is 369 g/mol. The normalized spacial score (nSPS) is 30.7. The lowest BCUT2D eigenvalue weighted by atomic mass is 9.81. The van der Waals surface area contributed by atoms with Gasteiger partial charge in [0.05, 0.1) is 6.54 Å². The third-order valence-corrected chi connectivity index (χ3v) is 6.67. The van der Waals surface area contributed by atoms with Crippen molar-refractivity contribution >= 4 is 5.91 Å². The predicted molar refractivity (Wildman–Crippen MR) is 108 cm³/mol. The van der Waals surface area contributed by atoms with Gasteiger partial charge in [0.25, 0.3) is 0 Å². The minimum Gasteiger partial charge on any atom is -0.485 e. The Morgan fingerprint density at radius 3 is 2.63 bits per heavy atom. The van der Waals surface area contributed by atoms with Gasteiger partial charge in [-0.25, -0.2) is 0 Å². The topological polar surface area (TPSA) is 32.8 Å². The van der Waals surface area contributed by atoms with Crippen LogP contribution in [0.4, 0.5) is 0 Å². The molecule has 0 saturated heterocycles. The molecule has 1 unspecified atom stereocenters. The van der Waals surface area contributed by atoms with E-state index in [1.54, 1.807) is 0 Å². The maximum absolute atomic E-state index is 13.3. The number of carbonyl (C=O) groups excluding carboxylic acids is 1. The molecule has 4 rings (SSSR count). The Morgan fingerprint density at radius 1 is 1.15 bits per heavy atom. The molecule has 1 heterocycles. The number of hydrogen-bond acceptors (Lipinski definition) is 3. The first-order valence-corrected chi connectivity index (χ1v) is 10.4. The molecule has 3 aliphatic rings. The summed E-state index contributed by atoms with van der Waals surface area (Å²) in [7, 11) is 4.33. The highest BCUT2D eigenvalue weighted by Gasteiger charge is 2.43. The van der Waals surface area contributed by atoms with Crippen molar-refractivity contribution in [3.63, 3.8) is 0 Å². The molecule has 4 nitrogen and oxygen atoms in total. The number of amides is 1. The van der Waals surface area contributed by atoms with E-state index in [9.17, 15) is 4.79 Å². The molecule has 0 radical (unpaired) electrons. The fraction of sp³-hybridized carbons (Fsp3) is 0.609. The van der Waals surface area contributed by atoms with Crippen molar-refractivity contribution in [1.82, 2.24) is 9.80 Å². The second kappa shape index (κ2) is 7.67. The third-order valence-electron chi connectivity index (χ3n) is 6.67. The molecule has 0 N–H and O–H groups in total. The van der Waals surface area contributed by atoms with Crippen LogP contribution < -0.4 is 4.74 Å². The Balaban J connectivity index is 1.59. The Kier molecular flexibility index (Phi) is 5.27. The summed E-state index contributed by atoms with van der Waals surface area (Å²) >= 11 is 0. The van der Waals surface area contributed by atoms with Gasteiger partial charge >= 0.3 is 0 Å². The summed E-state index contributed by atoms with van der Waals surface area (Å²) in [6.07, 6.45) is 11.5. The van der Waals surface area contributed by atoms with Crippen LogP contribution >= 0.6 is 0 Å². The molecule has 2 aliphatic carbocycles. The molecule has 27 heavy (non-hydrogen) atoms. The first kappa shape index (κ1) is 18.5. The average Bonchev–Trinajstić information content (AvgIpc) is 2.85. The number of benzene rings is 1. The number of rotatable bonds is 2. The molecule has 1 aromatic carbocycles. The second-order valence-electron chi connectivity index (χ2n) is 8.76. The van der Waals surface area contributed by atoms with Crippen LogP contribution in [0, 0.1) is 5.92 Å². The van der Waals surface area contributed by atoms with Crippen LogP contribution in [-0.2, 0) is 11.3 Å². The highest BCUT2D eigenvalue weighted by Crippen LogP contribution is 2.39. The van der Waals surface area contributed by atoms with Crippen molar-refractivity contribution in [2.24, 2.45) is 5.92 Å². The summed E-state index contributed by atoms with van der Waals surface area (Å²) in [5, 5.41) is 0. The van der Waals surface area contributed by atoms with Gasteiger partial charge in [0, 0.05) is 24.1 Å². The van der Waals surface area contributed by atoms with E-state index in [1.165, 1.54) is 0 Å². The molecule has 1 amide bonds. The zero-order chi connectivity index (χ0) is 18.9. The van der Waals surface area contributed by atoms with Crippen molar-refractivity contribution in [2.45, 2.75) is 63.1 Å². The molecule has 1 aromatic rings. The van der Waals surface area contributed by atoms with Crippen LogP contribution in [0.25, 0.3) is 0 Å². The van der Waals surface area contributed by atoms with Crippen molar-refractivity contribution in [3.8, 4) is 5.75 Å². The molecular formula is C23H32N2O2. The van der Waals surface area contributed by atoms with Crippen molar-refractivity contribution in [2.75, 3.05) is 20.6 Å². The monoisotopic (exact) mass is 368 g/mol. The summed E-state index contributed by atoms with van der Waals surface area (Å²) in [5.74, 6) is 1.42. The fourth-order valence-electron chi connectivity index (χ4n) is 4.95. The first-order valence-electron chi connectivity index (χ1n) is 10.4. The van der Waals surface area contributed by atoms with Crippen LogP contribution in [0.15, 0.2) is 36.4 Å². The van der Waals surface area contributed by atoms with Crippen LogP contribution in [0.5, 0.6) is 5.75 Å². The van der Waals surface area contributed by atoms with Gasteiger partial charge in [0.2, 0.25) is 5.91 Å². The lowest BCUT2D eigenvalue weighted by Gasteiger charge is -2.43. The van der Waals surface area contributed by atoms with Crippen molar-refractivity contribution in [3.05, 3.63) is 42.0 Å². The Bertz CT molecular complexity index is 704. The maximum atomic E-state index is 13.3. The van der Waals surface area contributed by atoms with Crippen molar-refractivity contribution < 1.29 is 9.53 Å². The molecule has 0 bridgehead atoms. The number of ether oxygens (including phenoxy) is 1. The summed E-state index contributed by atoms with van der Waals surface area (Å²) < 4.78 is 6.65. The van der Waals surface area contributed by atoms with E-state index in [0.29, 0.717) is 18.5 Å². The Labute approximate surface area is 163 Å². The molecule has 1 saturated carbocycles. The molecule has 1 aliphatic heterocycles. The third kappa shape index (κ3) is 3.91. The number of para-hydroxylation sites is 1. The number of nitrogens with zero attached hydrogens (tertiary/aromatic N) is 2. The summed E-state index contributed by atoms with van der Waals surface area (Å²) in [5.41, 5.74) is 0.906. The summed E-state index contributed by atoms with van der Waals surface area (Å²) in [4.78, 5) is 17.8. The zero-order valence-electron chi connectivity index (χ0n) is 16.7. The highest BCUT2D eigenvalue weighted by atomic mass is 16.5. The zero-order valence-corrected chi connectivity index (χ0v) is 16.7.